The Balaban J connectivity index is 0. The number of carboxylic acid groups (broad SMARTS) is 1. The first-order chi connectivity index (χ1) is 2.27. The molecule has 0 aromatic heterocycles. The van der Waals surface area contributed by atoms with Crippen LogP contribution in [0.4, 0.5) is 0 Å². The fourth-order valence-electron chi connectivity index (χ4n) is 0. The van der Waals surface area contributed by atoms with Gasteiger partial charge in [-0.3, -0.25) is 4.79 Å². The Bertz CT molecular complexity index is 59.8. The lowest BCUT2D eigenvalue weighted by atomic mass is 10.8. The van der Waals surface area contributed by atoms with Gasteiger partial charge in [0, 0.05) is 0 Å². The van der Waals surface area contributed by atoms with Gasteiger partial charge >= 0.3 is 7.40 Å². The van der Waals surface area contributed by atoms with E-state index < -0.39 is 5.97 Å². The maximum absolute atomic E-state index is 9.00. The summed E-state index contributed by atoms with van der Waals surface area (Å²) in [4.78, 5) is 17.9. The van der Waals surface area contributed by atoms with Crippen molar-refractivity contribution in [3.05, 3.63) is 0 Å². The molecule has 0 radical (unpaired) electrons. The number of rotatable bonds is 1. The van der Waals surface area contributed by atoms with Crippen LogP contribution in [0.25, 0.3) is 0 Å². The van der Waals surface area contributed by atoms with Crippen molar-refractivity contribution in [2.24, 2.45) is 0 Å². The van der Waals surface area contributed by atoms with Crippen molar-refractivity contribution < 1.29 is 16.1 Å². The first-order valence-electron chi connectivity index (χ1n) is 0.952. The van der Waals surface area contributed by atoms with E-state index in [-0.39, 0.29) is 7.71 Å². The minimum atomic E-state index is -1.43. The van der Waals surface area contributed by atoms with Crippen LogP contribution in [0.3, 0.4) is 0 Å². The predicted octanol–water partition coefficient (Wildman–Crippen LogP) is -0.618. The molecule has 0 fully saturated rings. The van der Waals surface area contributed by atoms with Crippen molar-refractivity contribution in [3.8, 4) is 0 Å². The van der Waals surface area contributed by atoms with E-state index >= 15 is 0 Å². The molecule has 0 aromatic carbocycles. The molecule has 0 amide bonds. The van der Waals surface area contributed by atoms with E-state index in [0.717, 1.165) is 0 Å². The number of aldehydes is 1. The van der Waals surface area contributed by atoms with Crippen LogP contribution in [0.1, 0.15) is 1.43 Å². The van der Waals surface area contributed by atoms with Gasteiger partial charge in [-0.25, -0.2) is 4.79 Å². The largest absolute Gasteiger partial charge is 1.00 e. The molecule has 5 heavy (non-hydrogen) atoms. The minimum absolute atomic E-state index is 0. The first kappa shape index (κ1) is 4.14. The SMILES string of the molecule is O=CC(=O)O.[H+]. The van der Waals surface area contributed by atoms with Gasteiger partial charge < -0.3 is 5.11 Å². The van der Waals surface area contributed by atoms with Crippen LogP contribution in [-0.4, -0.2) is 17.4 Å². The highest BCUT2D eigenvalue weighted by atomic mass is 16.4. The Labute approximate surface area is 29.7 Å². The van der Waals surface area contributed by atoms with Crippen LogP contribution in [0.15, 0.2) is 0 Å². The van der Waals surface area contributed by atoms with Crippen LogP contribution in [0, 0.1) is 0 Å². The normalized spacial score (nSPS) is 6.40. The van der Waals surface area contributed by atoms with Gasteiger partial charge in [-0.05, 0) is 0 Å². The van der Waals surface area contributed by atoms with Gasteiger partial charge in [-0.1, -0.05) is 0 Å². The Hall–Kier alpha value is -0.860. The fourth-order valence-corrected chi connectivity index (χ4v) is 0. The summed E-state index contributed by atoms with van der Waals surface area (Å²) >= 11 is 0. The quantitative estimate of drug-likeness (QED) is 0.334. The minimum Gasteiger partial charge on any atom is -0.476 e. The summed E-state index contributed by atoms with van der Waals surface area (Å²) in [6, 6.07) is 0. The molecule has 0 unspecified atom stereocenters. The summed E-state index contributed by atoms with van der Waals surface area (Å²) in [5.41, 5.74) is 0. The molecule has 0 saturated heterocycles. The van der Waals surface area contributed by atoms with E-state index in [4.69, 9.17) is 14.7 Å². The van der Waals surface area contributed by atoms with Crippen LogP contribution >= 0.6 is 0 Å². The van der Waals surface area contributed by atoms with Crippen molar-refractivity contribution in [1.82, 2.24) is 0 Å². The Morgan fingerprint density at radius 2 is 2.20 bits per heavy atom. The molecule has 0 aromatic rings. The molecule has 0 heterocycles. The lowest BCUT2D eigenvalue weighted by Gasteiger charge is -1.59. The fraction of sp³-hybridized carbons (Fsp3) is 0. The van der Waals surface area contributed by atoms with Gasteiger partial charge in [0.05, 0.1) is 0 Å². The van der Waals surface area contributed by atoms with E-state index in [1.54, 1.807) is 0 Å². The highest BCUT2D eigenvalue weighted by molar-refractivity contribution is 6.19. The Morgan fingerprint density at radius 3 is 2.20 bits per heavy atom. The zero-order valence-corrected chi connectivity index (χ0v) is 2.34. The lowest BCUT2D eigenvalue weighted by Crippen LogP contribution is -1.91. The number of hydrogen-bond acceptors (Lipinski definition) is 2. The molecular weight excluding hydrogens is 72.0 g/mol. The van der Waals surface area contributed by atoms with Gasteiger partial charge in [-0.15, -0.1) is 0 Å². The summed E-state index contributed by atoms with van der Waals surface area (Å²) in [5, 5.41) is 7.35. The molecule has 0 aliphatic heterocycles. The van der Waals surface area contributed by atoms with E-state index in [1.165, 1.54) is 0 Å². The first-order valence-corrected chi connectivity index (χ1v) is 0.952. The van der Waals surface area contributed by atoms with E-state index in [1.807, 2.05) is 0 Å². The van der Waals surface area contributed by atoms with Gasteiger partial charge in [0.2, 0.25) is 6.29 Å². The standard InChI is InChI=1S/C2H2O3/c3-1-2(4)5/h1H,(H,4,5)/p+1. The molecule has 0 aliphatic carbocycles. The predicted molar refractivity (Wildman–Crippen MR) is 14.8 cm³/mol. The van der Waals surface area contributed by atoms with Crippen LogP contribution in [0.5, 0.6) is 0 Å². The highest BCUT2D eigenvalue weighted by Crippen LogP contribution is 1.39. The van der Waals surface area contributed by atoms with Crippen LogP contribution in [-0.2, 0) is 9.59 Å². The van der Waals surface area contributed by atoms with Crippen molar-refractivity contribution >= 4 is 12.3 Å². The summed E-state index contributed by atoms with van der Waals surface area (Å²) in [7, 11) is 0. The molecule has 0 saturated carbocycles. The Morgan fingerprint density at radius 1 is 2.00 bits per heavy atom. The lowest BCUT2D eigenvalue weighted by molar-refractivity contribution is -0.143. The zero-order chi connectivity index (χ0) is 4.28. The van der Waals surface area contributed by atoms with Gasteiger partial charge in [0.25, 0.3) is 0 Å². The van der Waals surface area contributed by atoms with E-state index in [0.29, 0.717) is 0 Å². The third kappa shape index (κ3) is 3.14. The molecule has 0 bridgehead atoms. The summed E-state index contributed by atoms with van der Waals surface area (Å²) < 4.78 is 0. The average Bonchev–Trinajstić information content (AvgIpc) is 1.38. The number of carbonyl (C=O) groups is 2. The Kier molecular flexibility index (Phi) is 1.21. The number of hydrogen-bond donors (Lipinski definition) is 1. The van der Waals surface area contributed by atoms with Crippen LogP contribution in [0.2, 0.25) is 0 Å². The second-order valence-electron chi connectivity index (χ2n) is 0.456. The summed E-state index contributed by atoms with van der Waals surface area (Å²) in [6.45, 7) is 0. The van der Waals surface area contributed by atoms with E-state index in [2.05, 4.69) is 0 Å². The molecule has 0 aliphatic rings. The molecule has 28 valence electrons. The molecular formula is C2H3O3+. The summed E-state index contributed by atoms with van der Waals surface area (Å²) in [6.07, 6.45) is -0.167. The maximum Gasteiger partial charge on any atom is 1.00 e. The topological polar surface area (TPSA) is 54.4 Å². The molecule has 0 atom stereocenters. The third-order valence-electron chi connectivity index (χ3n) is 0.101. The van der Waals surface area contributed by atoms with Crippen molar-refractivity contribution in [1.29, 1.82) is 0 Å². The van der Waals surface area contributed by atoms with Gasteiger partial charge in [-0.2, -0.15) is 0 Å². The average molecular weight is 75.0 g/mol. The van der Waals surface area contributed by atoms with Crippen LogP contribution < -0.4 is 0 Å². The molecule has 0 rings (SSSR count). The number of carbonyl (C=O) groups excluding carboxylic acids is 1. The molecule has 3 nitrogen and oxygen atoms in total. The third-order valence-corrected chi connectivity index (χ3v) is 0.101. The molecule has 1 N–H and O–H groups in total. The number of aliphatic carboxylic acids is 1. The van der Waals surface area contributed by atoms with E-state index in [9.17, 15) is 0 Å². The highest BCUT2D eigenvalue weighted by Gasteiger charge is 1.80. The number of carboxylic acids is 1. The molecule has 3 heteroatoms. The van der Waals surface area contributed by atoms with Crippen molar-refractivity contribution in [2.75, 3.05) is 0 Å². The van der Waals surface area contributed by atoms with Gasteiger partial charge in [0.1, 0.15) is 0 Å². The summed E-state index contributed by atoms with van der Waals surface area (Å²) in [5.74, 6) is -1.43. The smallest absolute Gasteiger partial charge is 0.476 e. The molecule has 0 spiro atoms. The van der Waals surface area contributed by atoms with Crippen molar-refractivity contribution in [2.45, 2.75) is 0 Å². The zero-order valence-electron chi connectivity index (χ0n) is 3.34. The second kappa shape index (κ2) is 1.46. The monoisotopic (exact) mass is 75.0 g/mol. The van der Waals surface area contributed by atoms with Crippen molar-refractivity contribution in [3.63, 3.8) is 0 Å². The maximum atomic E-state index is 9.00. The second-order valence-corrected chi connectivity index (χ2v) is 0.456. The van der Waals surface area contributed by atoms with Gasteiger partial charge in [0.15, 0.2) is 0 Å².